The van der Waals surface area contributed by atoms with Gasteiger partial charge in [-0.25, -0.2) is 4.68 Å². The summed E-state index contributed by atoms with van der Waals surface area (Å²) in [6.07, 6.45) is 10.8. The molecule has 5 rings (SSSR count). The molecule has 1 unspecified atom stereocenters. The fourth-order valence-electron chi connectivity index (χ4n) is 4.32. The molecule has 5 nitrogen and oxygen atoms in total. The van der Waals surface area contributed by atoms with Crippen molar-refractivity contribution in [3.05, 3.63) is 83.7 Å². The van der Waals surface area contributed by atoms with Gasteiger partial charge in [0.2, 0.25) is 0 Å². The summed E-state index contributed by atoms with van der Waals surface area (Å²) in [5, 5.41) is 15.4. The second-order valence-corrected chi connectivity index (χ2v) is 8.06. The van der Waals surface area contributed by atoms with Crippen LogP contribution in [-0.4, -0.2) is 34.6 Å². The van der Waals surface area contributed by atoms with Gasteiger partial charge in [0.05, 0.1) is 11.9 Å². The number of rotatable bonds is 4. The summed E-state index contributed by atoms with van der Waals surface area (Å²) < 4.78 is 1.87. The first-order chi connectivity index (χ1) is 14.8. The molecule has 2 N–H and O–H groups in total. The van der Waals surface area contributed by atoms with E-state index >= 15 is 0 Å². The summed E-state index contributed by atoms with van der Waals surface area (Å²) in [5.41, 5.74) is 8.42. The van der Waals surface area contributed by atoms with E-state index < -0.39 is 0 Å². The Balaban J connectivity index is 1.36. The normalized spacial score (nSPS) is 18.7. The van der Waals surface area contributed by atoms with Crippen molar-refractivity contribution in [1.82, 2.24) is 25.6 Å². The van der Waals surface area contributed by atoms with E-state index in [0.717, 1.165) is 49.4 Å². The van der Waals surface area contributed by atoms with Crippen LogP contribution in [0.15, 0.2) is 67.0 Å². The lowest BCUT2D eigenvalue weighted by atomic mass is 9.93. The van der Waals surface area contributed by atoms with Crippen LogP contribution in [0.2, 0.25) is 0 Å². The Labute approximate surface area is 177 Å². The van der Waals surface area contributed by atoms with E-state index in [1.807, 2.05) is 10.9 Å². The molecular weight excluding hydrogens is 370 g/mol. The minimum atomic E-state index is 0.493. The number of nitrogens with zero attached hydrogens (tertiary/aromatic N) is 3. The molecule has 3 aromatic rings. The molecule has 0 spiro atoms. The van der Waals surface area contributed by atoms with Crippen LogP contribution < -0.4 is 10.6 Å². The maximum Gasteiger partial charge on any atom is 0.113 e. The molecular formula is C25H27N5. The summed E-state index contributed by atoms with van der Waals surface area (Å²) in [6.45, 7) is 5.21. The largest absolute Gasteiger partial charge is 0.391 e. The van der Waals surface area contributed by atoms with Crippen LogP contribution in [0.4, 0.5) is 0 Å². The molecule has 0 aliphatic carbocycles. The number of hydrogen-bond acceptors (Lipinski definition) is 4. The molecule has 0 saturated carbocycles. The van der Waals surface area contributed by atoms with Gasteiger partial charge in [-0.3, -0.25) is 0 Å². The van der Waals surface area contributed by atoms with Crippen molar-refractivity contribution < 1.29 is 0 Å². The highest BCUT2D eigenvalue weighted by Gasteiger charge is 2.13. The zero-order valence-electron chi connectivity index (χ0n) is 17.3. The van der Waals surface area contributed by atoms with E-state index in [9.17, 15) is 0 Å². The number of hydrogen-bond donors (Lipinski definition) is 2. The van der Waals surface area contributed by atoms with E-state index in [2.05, 4.69) is 88.7 Å². The Hall–Kier alpha value is -3.18. The monoisotopic (exact) mass is 397 g/mol. The van der Waals surface area contributed by atoms with E-state index in [0.29, 0.717) is 5.92 Å². The van der Waals surface area contributed by atoms with Crippen molar-refractivity contribution in [2.45, 2.75) is 25.7 Å². The fraction of sp³-hybridized carbons (Fsp3) is 0.280. The summed E-state index contributed by atoms with van der Waals surface area (Å²) >= 11 is 0. The third-order valence-electron chi connectivity index (χ3n) is 6.06. The topological polar surface area (TPSA) is 54.8 Å². The molecule has 2 aliphatic heterocycles. The van der Waals surface area contributed by atoms with Gasteiger partial charge in [0, 0.05) is 24.6 Å². The van der Waals surface area contributed by atoms with E-state index in [1.165, 1.54) is 22.3 Å². The van der Waals surface area contributed by atoms with Crippen LogP contribution in [0, 0.1) is 6.92 Å². The smallest absolute Gasteiger partial charge is 0.113 e. The van der Waals surface area contributed by atoms with Crippen molar-refractivity contribution in [1.29, 1.82) is 0 Å². The van der Waals surface area contributed by atoms with Crippen LogP contribution in [-0.2, 0) is 0 Å². The molecule has 3 heterocycles. The number of aromatic nitrogens is 3. The lowest BCUT2D eigenvalue weighted by molar-refractivity contribution is 0.657. The van der Waals surface area contributed by atoms with Gasteiger partial charge in [-0.15, -0.1) is 5.10 Å². The average Bonchev–Trinajstić information content (AvgIpc) is 3.31. The van der Waals surface area contributed by atoms with Crippen LogP contribution in [0.5, 0.6) is 0 Å². The molecule has 1 aromatic heterocycles. The van der Waals surface area contributed by atoms with E-state index in [-0.39, 0.29) is 0 Å². The quantitative estimate of drug-likeness (QED) is 0.692. The summed E-state index contributed by atoms with van der Waals surface area (Å²) in [6, 6.07) is 15.3. The molecule has 0 fully saturated rings. The van der Waals surface area contributed by atoms with Crippen molar-refractivity contribution in [2.75, 3.05) is 19.6 Å². The third kappa shape index (κ3) is 3.81. The minimum absolute atomic E-state index is 0.493. The van der Waals surface area contributed by atoms with Crippen molar-refractivity contribution >= 4 is 5.57 Å². The molecule has 152 valence electrons. The maximum absolute atomic E-state index is 4.42. The Kier molecular flexibility index (Phi) is 5.20. The molecule has 30 heavy (non-hydrogen) atoms. The first-order valence-electron chi connectivity index (χ1n) is 10.7. The summed E-state index contributed by atoms with van der Waals surface area (Å²) in [5.74, 6) is 0.493. The number of benzene rings is 2. The Morgan fingerprint density at radius 3 is 2.70 bits per heavy atom. The second kappa shape index (κ2) is 8.28. The van der Waals surface area contributed by atoms with Gasteiger partial charge in [-0.2, -0.15) is 0 Å². The Morgan fingerprint density at radius 1 is 1.07 bits per heavy atom. The number of nitrogens with one attached hydrogen (secondary N) is 2. The predicted octanol–water partition coefficient (Wildman–Crippen LogP) is 4.21. The molecule has 0 amide bonds. The lowest BCUT2D eigenvalue weighted by Crippen LogP contribution is -2.20. The molecule has 5 heteroatoms. The zero-order valence-corrected chi connectivity index (χ0v) is 17.3. The highest BCUT2D eigenvalue weighted by atomic mass is 15.4. The highest BCUT2D eigenvalue weighted by Crippen LogP contribution is 2.27. The van der Waals surface area contributed by atoms with Gasteiger partial charge in [-0.1, -0.05) is 47.7 Å². The lowest BCUT2D eigenvalue weighted by Gasteiger charge is -2.17. The van der Waals surface area contributed by atoms with Gasteiger partial charge < -0.3 is 10.6 Å². The summed E-state index contributed by atoms with van der Waals surface area (Å²) in [7, 11) is 0. The Morgan fingerprint density at radius 2 is 1.97 bits per heavy atom. The molecule has 2 aromatic carbocycles. The number of aryl methyl sites for hydroxylation is 1. The van der Waals surface area contributed by atoms with Crippen molar-refractivity contribution in [2.24, 2.45) is 0 Å². The van der Waals surface area contributed by atoms with Gasteiger partial charge in [0.1, 0.15) is 5.69 Å². The average molecular weight is 398 g/mol. The Bertz CT molecular complexity index is 1090. The van der Waals surface area contributed by atoms with Crippen LogP contribution >= 0.6 is 0 Å². The van der Waals surface area contributed by atoms with Gasteiger partial charge in [0.15, 0.2) is 0 Å². The van der Waals surface area contributed by atoms with E-state index in [4.69, 9.17) is 0 Å². The molecule has 0 bridgehead atoms. The fourth-order valence-corrected chi connectivity index (χ4v) is 4.32. The highest BCUT2D eigenvalue weighted by molar-refractivity contribution is 5.70. The summed E-state index contributed by atoms with van der Waals surface area (Å²) in [4.78, 5) is 0. The second-order valence-electron chi connectivity index (χ2n) is 8.06. The number of allylic oxidation sites excluding steroid dienone is 1. The van der Waals surface area contributed by atoms with Gasteiger partial charge in [-0.05, 0) is 66.9 Å². The predicted molar refractivity (Wildman–Crippen MR) is 121 cm³/mol. The van der Waals surface area contributed by atoms with Crippen LogP contribution in [0.3, 0.4) is 0 Å². The van der Waals surface area contributed by atoms with Crippen molar-refractivity contribution in [3.8, 4) is 16.9 Å². The third-order valence-corrected chi connectivity index (χ3v) is 6.06. The maximum atomic E-state index is 4.42. The molecule has 0 radical (unpaired) electrons. The van der Waals surface area contributed by atoms with Crippen molar-refractivity contribution in [3.63, 3.8) is 0 Å². The zero-order chi connectivity index (χ0) is 20.3. The first-order valence-corrected chi connectivity index (χ1v) is 10.7. The molecule has 2 aliphatic rings. The molecule has 1 atom stereocenters. The standard InChI is InChI=1S/C25H27N5/c1-18-16-23(6-7-24(18)21-10-14-27-15-11-21)30-17-25(28-29-30)22-4-2-19(3-5-22)20-8-12-26-13-9-20/h2-8,10,12,16-17,20,26-27H,9,11,13-15H2,1H3. The molecule has 0 saturated heterocycles. The SMILES string of the molecule is Cc1cc(-n2cc(-c3ccc(C4C=CNCC4)cc3)nn2)ccc1C1=CCNCC1. The first kappa shape index (κ1) is 18.8. The van der Waals surface area contributed by atoms with Gasteiger partial charge in [0.25, 0.3) is 0 Å². The van der Waals surface area contributed by atoms with Gasteiger partial charge >= 0.3 is 0 Å². The minimum Gasteiger partial charge on any atom is -0.391 e. The van der Waals surface area contributed by atoms with Crippen LogP contribution in [0.1, 0.15) is 35.4 Å². The van der Waals surface area contributed by atoms with E-state index in [1.54, 1.807) is 0 Å². The van der Waals surface area contributed by atoms with Crippen LogP contribution in [0.25, 0.3) is 22.5 Å².